The van der Waals surface area contributed by atoms with Crippen molar-refractivity contribution in [3.8, 4) is 5.75 Å². The molecule has 1 amide bonds. The highest BCUT2D eigenvalue weighted by Gasteiger charge is 2.39. The lowest BCUT2D eigenvalue weighted by Crippen LogP contribution is -2.53. The Bertz CT molecular complexity index is 569. The van der Waals surface area contributed by atoms with Crippen molar-refractivity contribution >= 4 is 36.2 Å². The number of aliphatic hydroxyl groups is 2. The minimum absolute atomic E-state index is 0.0127. The van der Waals surface area contributed by atoms with Crippen LogP contribution in [0.4, 0.5) is 0 Å². The van der Waals surface area contributed by atoms with Gasteiger partial charge in [0.05, 0.1) is 16.0 Å². The van der Waals surface area contributed by atoms with Gasteiger partial charge >= 0.3 is 7.12 Å². The van der Waals surface area contributed by atoms with E-state index in [9.17, 15) is 20.0 Å². The van der Waals surface area contributed by atoms with Gasteiger partial charge in [-0.2, -0.15) is 0 Å². The summed E-state index contributed by atoms with van der Waals surface area (Å²) < 4.78 is 5.30. The summed E-state index contributed by atoms with van der Waals surface area (Å²) in [5.41, 5.74) is 0.428. The first kappa shape index (κ1) is 16.4. The molecule has 114 valence electrons. The maximum atomic E-state index is 11.4. The van der Waals surface area contributed by atoms with E-state index in [0.717, 1.165) is 0 Å². The van der Waals surface area contributed by atoms with Gasteiger partial charge in [0.15, 0.2) is 6.29 Å². The van der Waals surface area contributed by atoms with Gasteiger partial charge < -0.3 is 25.2 Å². The summed E-state index contributed by atoms with van der Waals surface area (Å²) >= 11 is 12.1. The molecule has 0 saturated heterocycles. The molecule has 4 N–H and O–H groups in total. The van der Waals surface area contributed by atoms with E-state index in [1.165, 1.54) is 6.07 Å². The van der Waals surface area contributed by atoms with E-state index in [4.69, 9.17) is 27.9 Å². The lowest BCUT2D eigenvalue weighted by molar-refractivity contribution is -0.121. The molecule has 1 heterocycles. The average Bonchev–Trinajstić information content (AvgIpc) is 2.43. The van der Waals surface area contributed by atoms with Crippen LogP contribution in [0.15, 0.2) is 6.07 Å². The van der Waals surface area contributed by atoms with Crippen molar-refractivity contribution in [1.82, 2.24) is 5.32 Å². The van der Waals surface area contributed by atoms with E-state index >= 15 is 0 Å². The van der Waals surface area contributed by atoms with E-state index in [2.05, 4.69) is 5.32 Å². The molecule has 1 atom stereocenters. The maximum absolute atomic E-state index is 11.4. The number of carbonyl (C=O) groups excluding carboxylic acids is 1. The van der Waals surface area contributed by atoms with Gasteiger partial charge in [-0.3, -0.25) is 4.79 Å². The molecule has 0 unspecified atom stereocenters. The lowest BCUT2D eigenvalue weighted by atomic mass is 9.72. The van der Waals surface area contributed by atoms with E-state index in [-0.39, 0.29) is 40.1 Å². The summed E-state index contributed by atoms with van der Waals surface area (Å²) in [6.45, 7) is 1.68. The predicted molar refractivity (Wildman–Crippen MR) is 78.2 cm³/mol. The number of aliphatic hydroxyl groups excluding tert-OH is 1. The normalized spacial score (nSPS) is 17.5. The molecule has 1 aromatic rings. The van der Waals surface area contributed by atoms with Crippen molar-refractivity contribution in [2.75, 3.05) is 0 Å². The van der Waals surface area contributed by atoms with E-state index in [1.807, 2.05) is 0 Å². The number of nitrogens with one attached hydrogen (secondary N) is 1. The Kier molecular flexibility index (Phi) is 5.01. The van der Waals surface area contributed by atoms with Crippen LogP contribution in [0.1, 0.15) is 30.8 Å². The number of halogens is 2. The molecular formula is C12H14BCl2NO5. The number of hydrogen-bond acceptors (Lipinski definition) is 5. The van der Waals surface area contributed by atoms with Gasteiger partial charge in [0.1, 0.15) is 5.75 Å². The largest absolute Gasteiger partial charge is 0.547 e. The molecule has 1 aromatic carbocycles. The zero-order valence-corrected chi connectivity index (χ0v) is 12.6. The zero-order chi connectivity index (χ0) is 15.7. The van der Waals surface area contributed by atoms with E-state index < -0.39 is 19.3 Å². The molecule has 6 nitrogen and oxygen atoms in total. The first-order valence-electron chi connectivity index (χ1n) is 6.36. The molecular weight excluding hydrogens is 320 g/mol. The monoisotopic (exact) mass is 333 g/mol. The second-order valence-electron chi connectivity index (χ2n) is 4.68. The Hall–Kier alpha value is -0.985. The Balaban J connectivity index is 2.41. The van der Waals surface area contributed by atoms with Crippen LogP contribution in [-0.2, 0) is 11.2 Å². The molecule has 0 aromatic heterocycles. The Morgan fingerprint density at radius 1 is 1.57 bits per heavy atom. The molecule has 1 aliphatic heterocycles. The van der Waals surface area contributed by atoms with Gasteiger partial charge in [0, 0.05) is 17.5 Å². The van der Waals surface area contributed by atoms with Crippen molar-refractivity contribution in [1.29, 1.82) is 0 Å². The predicted octanol–water partition coefficient (Wildman–Crippen LogP) is 0.826. The number of carbonyl (C=O) groups is 1. The Labute approximate surface area is 131 Å². The molecule has 0 bridgehead atoms. The molecule has 0 radical (unpaired) electrons. The van der Waals surface area contributed by atoms with Gasteiger partial charge in [-0.15, -0.1) is 0 Å². The molecule has 21 heavy (non-hydrogen) atoms. The van der Waals surface area contributed by atoms with Crippen molar-refractivity contribution < 1.29 is 24.7 Å². The summed E-state index contributed by atoms with van der Waals surface area (Å²) in [7, 11) is -1.32. The highest BCUT2D eigenvalue weighted by Crippen LogP contribution is 2.41. The molecule has 0 spiro atoms. The first-order valence-corrected chi connectivity index (χ1v) is 7.11. The Morgan fingerprint density at radius 2 is 2.24 bits per heavy atom. The third-order valence-corrected chi connectivity index (χ3v) is 4.07. The quantitative estimate of drug-likeness (QED) is 0.485. The van der Waals surface area contributed by atoms with Crippen LogP contribution in [0.3, 0.4) is 0 Å². The van der Waals surface area contributed by atoms with Crippen LogP contribution < -0.4 is 9.97 Å². The second-order valence-corrected chi connectivity index (χ2v) is 5.47. The fourth-order valence-electron chi connectivity index (χ4n) is 2.15. The summed E-state index contributed by atoms with van der Waals surface area (Å²) in [6, 6.07) is 1.27. The number of fused-ring (bicyclic) bond motifs is 1. The fraction of sp³-hybridized carbons (Fsp3) is 0.417. The smallest absolute Gasteiger partial charge is 0.534 e. The number of amides is 1. The van der Waals surface area contributed by atoms with Crippen molar-refractivity contribution in [2.45, 2.75) is 32.0 Å². The zero-order valence-electron chi connectivity index (χ0n) is 11.1. The van der Waals surface area contributed by atoms with Gasteiger partial charge in [-0.05, 0) is 12.5 Å². The van der Waals surface area contributed by atoms with Crippen molar-refractivity contribution in [3.05, 3.63) is 27.2 Å². The van der Waals surface area contributed by atoms with E-state index in [1.54, 1.807) is 6.92 Å². The summed E-state index contributed by atoms with van der Waals surface area (Å²) in [5.74, 6) is -0.856. The topological polar surface area (TPSA) is 99.0 Å². The summed E-state index contributed by atoms with van der Waals surface area (Å²) in [6.07, 6.45) is -1.39. The van der Waals surface area contributed by atoms with Gasteiger partial charge in [-0.1, -0.05) is 30.1 Å². The summed E-state index contributed by atoms with van der Waals surface area (Å²) in [5, 5.41) is 31.6. The lowest BCUT2D eigenvalue weighted by Gasteiger charge is -2.30. The highest BCUT2D eigenvalue weighted by atomic mass is 35.5. The van der Waals surface area contributed by atoms with Crippen LogP contribution in [0, 0.1) is 0 Å². The standard InChI is InChI=1S/C12H14BCl2NO5/c1-2-9(17)16-8-4-5-10(15)7(14)3-6(12(18)19)11(5)21-13(8)20/h3,8,12,18-20H,2,4H2,1H3,(H,16,17)/t8-/m0/s1. The molecule has 0 saturated carbocycles. The average molecular weight is 334 g/mol. The third kappa shape index (κ3) is 3.27. The summed E-state index contributed by atoms with van der Waals surface area (Å²) in [4.78, 5) is 11.4. The molecule has 1 aliphatic rings. The first-order chi connectivity index (χ1) is 9.85. The molecule has 9 heteroatoms. The van der Waals surface area contributed by atoms with Crippen molar-refractivity contribution in [3.63, 3.8) is 0 Å². The van der Waals surface area contributed by atoms with Crippen LogP contribution in [0.25, 0.3) is 0 Å². The van der Waals surface area contributed by atoms with Gasteiger partial charge in [-0.25, -0.2) is 0 Å². The molecule has 0 aliphatic carbocycles. The van der Waals surface area contributed by atoms with Crippen molar-refractivity contribution in [2.24, 2.45) is 0 Å². The number of hydrogen-bond donors (Lipinski definition) is 4. The SMILES string of the molecule is CCC(=O)N[C@H]1Cc2c(Cl)c(Cl)cc(C(O)O)c2OB1O. The minimum atomic E-state index is -1.82. The van der Waals surface area contributed by atoms with E-state index in [0.29, 0.717) is 5.56 Å². The Morgan fingerprint density at radius 3 is 2.81 bits per heavy atom. The van der Waals surface area contributed by atoms with Gasteiger partial charge in [0.2, 0.25) is 5.91 Å². The van der Waals surface area contributed by atoms with Gasteiger partial charge in [0.25, 0.3) is 0 Å². The number of benzene rings is 1. The van der Waals surface area contributed by atoms with Crippen LogP contribution in [0.2, 0.25) is 10.0 Å². The number of rotatable bonds is 3. The second kappa shape index (κ2) is 6.42. The maximum Gasteiger partial charge on any atom is 0.547 e. The van der Waals surface area contributed by atoms with Crippen LogP contribution in [-0.4, -0.2) is 34.2 Å². The third-order valence-electron chi connectivity index (χ3n) is 3.25. The molecule has 0 fully saturated rings. The van der Waals surface area contributed by atoms with Crippen LogP contribution >= 0.6 is 23.2 Å². The fourth-order valence-corrected chi connectivity index (χ4v) is 2.60. The molecule has 2 rings (SSSR count). The van der Waals surface area contributed by atoms with Crippen LogP contribution in [0.5, 0.6) is 5.75 Å². The minimum Gasteiger partial charge on any atom is -0.534 e. The highest BCUT2D eigenvalue weighted by molar-refractivity contribution is 6.47.